The summed E-state index contributed by atoms with van der Waals surface area (Å²) in [5.74, 6) is -0.473. The highest BCUT2D eigenvalue weighted by Crippen LogP contribution is 2.62. The van der Waals surface area contributed by atoms with Crippen molar-refractivity contribution < 1.29 is 49.6 Å². The Bertz CT molecular complexity index is 873. The third-order valence-corrected chi connectivity index (χ3v) is 9.34. The molecule has 0 amide bonds. The van der Waals surface area contributed by atoms with Crippen molar-refractivity contribution in [2.24, 2.45) is 22.7 Å². The molecule has 0 bridgehead atoms. The molecule has 4 aliphatic rings. The van der Waals surface area contributed by atoms with Gasteiger partial charge in [0.25, 0.3) is 0 Å². The number of aliphatic hydroxyl groups is 6. The van der Waals surface area contributed by atoms with Gasteiger partial charge in [0.2, 0.25) is 0 Å². The zero-order valence-electron chi connectivity index (χ0n) is 21.0. The second-order valence-corrected chi connectivity index (χ2v) is 11.3. The van der Waals surface area contributed by atoms with Crippen LogP contribution in [0, 0.1) is 22.7 Å². The zero-order valence-corrected chi connectivity index (χ0v) is 21.0. The van der Waals surface area contributed by atoms with Gasteiger partial charge in [-0.1, -0.05) is 32.1 Å². The number of esters is 1. The van der Waals surface area contributed by atoms with Crippen LogP contribution in [0.2, 0.25) is 0 Å². The molecule has 2 heterocycles. The predicted octanol–water partition coefficient (Wildman–Crippen LogP) is -0.213. The maximum atomic E-state index is 12.0. The normalized spacial score (nSPS) is 48.7. The lowest BCUT2D eigenvalue weighted by Crippen LogP contribution is -2.63. The molecule has 2 aliphatic carbocycles. The number of hydrogen-bond donors (Lipinski definition) is 6. The molecule has 0 spiro atoms. The van der Waals surface area contributed by atoms with Crippen molar-refractivity contribution in [2.45, 2.75) is 88.9 Å². The summed E-state index contributed by atoms with van der Waals surface area (Å²) in [6, 6.07) is 0. The molecular formula is C26H40O10. The van der Waals surface area contributed by atoms with Crippen molar-refractivity contribution in [2.75, 3.05) is 19.8 Å². The predicted molar refractivity (Wildman–Crippen MR) is 126 cm³/mol. The van der Waals surface area contributed by atoms with E-state index in [4.69, 9.17) is 14.2 Å². The molecule has 6 N–H and O–H groups in total. The fraction of sp³-hybridized carbons (Fsp3) is 0.808. The Kier molecular flexibility index (Phi) is 8.00. The summed E-state index contributed by atoms with van der Waals surface area (Å²) >= 11 is 0. The first-order valence-corrected chi connectivity index (χ1v) is 12.8. The van der Waals surface area contributed by atoms with Gasteiger partial charge in [-0.25, -0.2) is 4.79 Å². The Balaban J connectivity index is 1.56. The fourth-order valence-corrected chi connectivity index (χ4v) is 7.11. The van der Waals surface area contributed by atoms with Gasteiger partial charge >= 0.3 is 5.97 Å². The monoisotopic (exact) mass is 512 g/mol. The largest absolute Gasteiger partial charge is 0.459 e. The molecule has 10 heteroatoms. The van der Waals surface area contributed by atoms with E-state index in [9.17, 15) is 35.4 Å². The number of allylic oxidation sites excluding steroid dienone is 2. The maximum absolute atomic E-state index is 12.0. The third-order valence-electron chi connectivity index (χ3n) is 9.34. The van der Waals surface area contributed by atoms with E-state index in [0.717, 1.165) is 24.8 Å². The van der Waals surface area contributed by atoms with Crippen LogP contribution in [0.1, 0.15) is 46.0 Å². The van der Waals surface area contributed by atoms with Crippen LogP contribution in [0.15, 0.2) is 23.8 Å². The average Bonchev–Trinajstić information content (AvgIpc) is 3.17. The highest BCUT2D eigenvalue weighted by atomic mass is 16.7. The summed E-state index contributed by atoms with van der Waals surface area (Å²) in [7, 11) is 0. The SMILES string of the molecule is C=C1CC[C@H]2[C@](C)(CC[C@@H](O[C@@H]3O[C@H](CO)[C@@H](O)[C@H](O)[C@H]3O)[C@@]2(C)CO)[C@@H]1C/C=C1/C(=O)OC[C@H]1O. The minimum absolute atomic E-state index is 0.00740. The van der Waals surface area contributed by atoms with Gasteiger partial charge in [0.1, 0.15) is 37.1 Å². The number of carbonyl (C=O) groups excluding carboxylic acids is 1. The number of fused-ring (bicyclic) bond motifs is 1. The van der Waals surface area contributed by atoms with E-state index in [1.54, 1.807) is 6.08 Å². The molecule has 36 heavy (non-hydrogen) atoms. The van der Waals surface area contributed by atoms with Crippen molar-refractivity contribution >= 4 is 5.97 Å². The van der Waals surface area contributed by atoms with Gasteiger partial charge in [0.05, 0.1) is 24.9 Å². The van der Waals surface area contributed by atoms with Gasteiger partial charge in [-0.3, -0.25) is 0 Å². The molecule has 0 aromatic heterocycles. The van der Waals surface area contributed by atoms with Crippen LogP contribution < -0.4 is 0 Å². The molecule has 4 rings (SSSR count). The maximum Gasteiger partial charge on any atom is 0.336 e. The molecule has 10 nitrogen and oxygen atoms in total. The van der Waals surface area contributed by atoms with Gasteiger partial charge in [0.15, 0.2) is 6.29 Å². The molecule has 0 unspecified atom stereocenters. The van der Waals surface area contributed by atoms with E-state index in [2.05, 4.69) is 13.5 Å². The van der Waals surface area contributed by atoms with Gasteiger partial charge in [-0.2, -0.15) is 0 Å². The number of cyclic esters (lactones) is 1. The molecule has 0 aromatic carbocycles. The number of rotatable bonds is 6. The number of aliphatic hydroxyl groups excluding tert-OH is 6. The van der Waals surface area contributed by atoms with Crippen molar-refractivity contribution in [3.8, 4) is 0 Å². The highest BCUT2D eigenvalue weighted by Gasteiger charge is 2.59. The zero-order chi connectivity index (χ0) is 26.4. The van der Waals surface area contributed by atoms with E-state index in [-0.39, 0.29) is 36.0 Å². The van der Waals surface area contributed by atoms with Crippen molar-refractivity contribution in [1.82, 2.24) is 0 Å². The molecule has 0 aromatic rings. The minimum atomic E-state index is -1.54. The lowest BCUT2D eigenvalue weighted by molar-refractivity contribution is -0.330. The quantitative estimate of drug-likeness (QED) is 0.121. The molecule has 2 aliphatic heterocycles. The Labute approximate surface area is 211 Å². The van der Waals surface area contributed by atoms with E-state index in [1.165, 1.54) is 0 Å². The summed E-state index contributed by atoms with van der Waals surface area (Å²) in [6.07, 6.45) is -3.26. The van der Waals surface area contributed by atoms with Crippen molar-refractivity contribution in [3.05, 3.63) is 23.8 Å². The smallest absolute Gasteiger partial charge is 0.336 e. The van der Waals surface area contributed by atoms with Gasteiger partial charge in [0, 0.05) is 5.41 Å². The third kappa shape index (κ3) is 4.56. The second-order valence-electron chi connectivity index (χ2n) is 11.3. The Morgan fingerprint density at radius 3 is 2.44 bits per heavy atom. The topological polar surface area (TPSA) is 166 Å². The molecular weight excluding hydrogens is 472 g/mol. The molecule has 11 atom stereocenters. The number of ether oxygens (including phenoxy) is 3. The van der Waals surface area contributed by atoms with E-state index < -0.39 is 60.9 Å². The lowest BCUT2D eigenvalue weighted by atomic mass is 9.46. The summed E-state index contributed by atoms with van der Waals surface area (Å²) in [6.45, 7) is 7.68. The van der Waals surface area contributed by atoms with Gasteiger partial charge in [-0.15, -0.1) is 0 Å². The molecule has 4 fully saturated rings. The Morgan fingerprint density at radius 1 is 1.11 bits per heavy atom. The number of hydrogen-bond acceptors (Lipinski definition) is 10. The first-order valence-electron chi connectivity index (χ1n) is 12.8. The highest BCUT2D eigenvalue weighted by molar-refractivity contribution is 5.91. The summed E-state index contributed by atoms with van der Waals surface area (Å²) in [4.78, 5) is 12.0. The lowest BCUT2D eigenvalue weighted by Gasteiger charge is -2.61. The fourth-order valence-electron chi connectivity index (χ4n) is 7.11. The van der Waals surface area contributed by atoms with Crippen LogP contribution in [-0.4, -0.2) is 99.3 Å². The Morgan fingerprint density at radius 2 is 1.83 bits per heavy atom. The van der Waals surface area contributed by atoms with Gasteiger partial charge in [-0.05, 0) is 49.4 Å². The first kappa shape index (κ1) is 27.7. The van der Waals surface area contributed by atoms with Crippen LogP contribution in [0.3, 0.4) is 0 Å². The first-order chi connectivity index (χ1) is 17.0. The standard InChI is InChI=1S/C26H40O10/c1-13-4-7-18-25(2,15(13)6-5-14-16(29)11-34-23(14)33)9-8-19(26(18,3)12-28)36-24-22(32)21(31)20(30)17(10-27)35-24/h5,15-22,24,27-32H,1,4,6-12H2,2-3H3/b14-5+/t15-,16-,17-,18+,19-,20-,21+,22-,24+,25-,26+/m1/s1. The minimum Gasteiger partial charge on any atom is -0.459 e. The van der Waals surface area contributed by atoms with Crippen LogP contribution >= 0.6 is 0 Å². The summed E-state index contributed by atoms with van der Waals surface area (Å²) in [5, 5.41) is 61.0. The van der Waals surface area contributed by atoms with Crippen LogP contribution in [0.4, 0.5) is 0 Å². The second kappa shape index (κ2) is 10.4. The summed E-state index contributed by atoms with van der Waals surface area (Å²) in [5.41, 5.74) is 0.356. The molecule has 2 saturated heterocycles. The van der Waals surface area contributed by atoms with Crippen LogP contribution in [-0.2, 0) is 19.0 Å². The van der Waals surface area contributed by atoms with Crippen molar-refractivity contribution in [3.63, 3.8) is 0 Å². The summed E-state index contributed by atoms with van der Waals surface area (Å²) < 4.78 is 16.7. The van der Waals surface area contributed by atoms with E-state index in [1.807, 2.05) is 6.92 Å². The molecule has 204 valence electrons. The van der Waals surface area contributed by atoms with Crippen LogP contribution in [0.25, 0.3) is 0 Å². The van der Waals surface area contributed by atoms with E-state index >= 15 is 0 Å². The van der Waals surface area contributed by atoms with Gasteiger partial charge < -0.3 is 44.8 Å². The van der Waals surface area contributed by atoms with E-state index in [0.29, 0.717) is 12.8 Å². The van der Waals surface area contributed by atoms with Crippen LogP contribution in [0.5, 0.6) is 0 Å². The Hall–Kier alpha value is -1.37. The molecule has 2 saturated carbocycles. The number of carbonyl (C=O) groups is 1. The average molecular weight is 513 g/mol. The van der Waals surface area contributed by atoms with Crippen molar-refractivity contribution in [1.29, 1.82) is 0 Å². The molecule has 0 radical (unpaired) electrons.